The maximum absolute atomic E-state index is 11.5. The molecule has 0 saturated heterocycles. The lowest BCUT2D eigenvalue weighted by Gasteiger charge is -1.61. The Bertz CT molecular complexity index is 147. The smallest absolute Gasteiger partial charge is 0.383 e. The fourth-order valence-corrected chi connectivity index (χ4v) is 0.312. The highest BCUT2D eigenvalue weighted by Crippen LogP contribution is 2.03. The second kappa shape index (κ2) is 1.50. The van der Waals surface area contributed by atoms with Crippen LogP contribution >= 0.6 is 11.6 Å². The molecule has 0 aliphatic carbocycles. The molecule has 1 heterocycles. The van der Waals surface area contributed by atoms with E-state index in [4.69, 9.17) is 11.6 Å². The minimum absolute atomic E-state index is 0.0856. The Morgan fingerprint density at radius 3 is 2.71 bits per heavy atom. The quantitative estimate of drug-likeness (QED) is 0.515. The molecular formula is C3ClFNO. The Morgan fingerprint density at radius 2 is 2.57 bits per heavy atom. The van der Waals surface area contributed by atoms with E-state index in [9.17, 15) is 4.39 Å². The zero-order valence-corrected chi connectivity index (χ0v) is 3.87. The van der Waals surface area contributed by atoms with E-state index in [1.165, 1.54) is 0 Å². The van der Waals surface area contributed by atoms with Crippen molar-refractivity contribution in [2.75, 3.05) is 0 Å². The molecule has 0 unspecified atom stereocenters. The Labute approximate surface area is 43.9 Å². The monoisotopic (exact) mass is 120 g/mol. The molecule has 0 aliphatic heterocycles. The number of aromatic nitrogens is 1. The SMILES string of the molecule is Fc1nc(Cl)[c]o1. The van der Waals surface area contributed by atoms with Gasteiger partial charge in [-0.1, -0.05) is 11.6 Å². The molecule has 0 aliphatic rings. The molecule has 0 spiro atoms. The molecule has 0 bridgehead atoms. The van der Waals surface area contributed by atoms with Crippen LogP contribution in [-0.4, -0.2) is 4.98 Å². The van der Waals surface area contributed by atoms with E-state index >= 15 is 0 Å². The summed E-state index contributed by atoms with van der Waals surface area (Å²) in [7, 11) is 0. The summed E-state index contributed by atoms with van der Waals surface area (Å²) in [5, 5.41) is -0.0856. The Hall–Kier alpha value is -0.570. The number of hydrogen-bond acceptors (Lipinski definition) is 2. The fourth-order valence-electron chi connectivity index (χ4n) is 0.207. The van der Waals surface area contributed by atoms with E-state index in [0.717, 1.165) is 0 Å². The van der Waals surface area contributed by atoms with Crippen LogP contribution < -0.4 is 0 Å². The predicted molar refractivity (Wildman–Crippen MR) is 20.3 cm³/mol. The fraction of sp³-hybridized carbons (Fsp3) is 0. The van der Waals surface area contributed by atoms with Crippen LogP contribution in [0.4, 0.5) is 4.39 Å². The third-order valence-electron chi connectivity index (χ3n) is 0.406. The molecule has 2 nitrogen and oxygen atoms in total. The minimum atomic E-state index is -0.954. The lowest BCUT2D eigenvalue weighted by molar-refractivity contribution is 0.332. The molecule has 0 fully saturated rings. The van der Waals surface area contributed by atoms with Crippen molar-refractivity contribution in [3.63, 3.8) is 0 Å². The Morgan fingerprint density at radius 1 is 1.86 bits per heavy atom. The number of oxazole rings is 1. The van der Waals surface area contributed by atoms with Gasteiger partial charge in [0.25, 0.3) is 0 Å². The highest BCUT2D eigenvalue weighted by Gasteiger charge is 1.96. The van der Waals surface area contributed by atoms with Crippen molar-refractivity contribution in [3.8, 4) is 0 Å². The largest absolute Gasteiger partial charge is 0.410 e. The highest BCUT2D eigenvalue weighted by molar-refractivity contribution is 6.29. The Kier molecular flexibility index (Phi) is 0.982. The van der Waals surface area contributed by atoms with Gasteiger partial charge in [0.05, 0.1) is 0 Å². The molecule has 1 rings (SSSR count). The Balaban J connectivity index is 3.04. The zero-order chi connectivity index (χ0) is 5.28. The molecule has 0 aromatic carbocycles. The molecule has 0 N–H and O–H groups in total. The summed E-state index contributed by atoms with van der Waals surface area (Å²) in [5.74, 6) is 0. The van der Waals surface area contributed by atoms with Crippen molar-refractivity contribution in [3.05, 3.63) is 17.6 Å². The van der Waals surface area contributed by atoms with Crippen LogP contribution in [0.2, 0.25) is 5.15 Å². The van der Waals surface area contributed by atoms with Gasteiger partial charge >= 0.3 is 6.14 Å². The summed E-state index contributed by atoms with van der Waals surface area (Å²) in [6.07, 6.45) is 1.02. The van der Waals surface area contributed by atoms with Gasteiger partial charge in [-0.25, -0.2) is 0 Å². The van der Waals surface area contributed by atoms with Crippen LogP contribution in [0.25, 0.3) is 0 Å². The van der Waals surface area contributed by atoms with Gasteiger partial charge in [0.1, 0.15) is 0 Å². The average Bonchev–Trinajstić information content (AvgIpc) is 1.87. The van der Waals surface area contributed by atoms with Gasteiger partial charge in [-0.2, -0.15) is 4.98 Å². The summed E-state index contributed by atoms with van der Waals surface area (Å²) >= 11 is 5.06. The van der Waals surface area contributed by atoms with Crippen LogP contribution in [0.15, 0.2) is 4.42 Å². The summed E-state index contributed by atoms with van der Waals surface area (Å²) < 4.78 is 15.5. The molecular weight excluding hydrogens is 120 g/mol. The van der Waals surface area contributed by atoms with Gasteiger partial charge in [-0.15, -0.1) is 4.39 Å². The van der Waals surface area contributed by atoms with Crippen molar-refractivity contribution in [1.29, 1.82) is 0 Å². The summed E-state index contributed by atoms with van der Waals surface area (Å²) in [5.41, 5.74) is 0. The van der Waals surface area contributed by atoms with Crippen molar-refractivity contribution in [1.82, 2.24) is 4.98 Å². The first-order chi connectivity index (χ1) is 3.29. The third-order valence-corrected chi connectivity index (χ3v) is 0.567. The second-order valence-corrected chi connectivity index (χ2v) is 1.22. The maximum atomic E-state index is 11.5. The van der Waals surface area contributed by atoms with E-state index in [-0.39, 0.29) is 5.15 Å². The van der Waals surface area contributed by atoms with Crippen molar-refractivity contribution >= 4 is 11.6 Å². The number of nitrogens with zero attached hydrogens (tertiary/aromatic N) is 1. The molecule has 0 atom stereocenters. The van der Waals surface area contributed by atoms with Gasteiger partial charge in [0.15, 0.2) is 5.15 Å². The van der Waals surface area contributed by atoms with Gasteiger partial charge < -0.3 is 4.42 Å². The predicted octanol–water partition coefficient (Wildman–Crippen LogP) is 1.27. The van der Waals surface area contributed by atoms with Crippen LogP contribution in [0.1, 0.15) is 0 Å². The molecule has 1 radical (unpaired) electrons. The van der Waals surface area contributed by atoms with Gasteiger partial charge in [-0.3, -0.25) is 0 Å². The molecule has 0 amide bonds. The molecule has 1 aromatic heterocycles. The number of rotatable bonds is 0. The van der Waals surface area contributed by atoms with E-state index in [2.05, 4.69) is 9.40 Å². The average molecular weight is 120 g/mol. The summed E-state index contributed by atoms with van der Waals surface area (Å²) in [6.45, 7) is 0. The minimum Gasteiger partial charge on any atom is -0.410 e. The van der Waals surface area contributed by atoms with E-state index in [1.807, 2.05) is 6.26 Å². The maximum Gasteiger partial charge on any atom is 0.383 e. The second-order valence-electron chi connectivity index (χ2n) is 0.860. The van der Waals surface area contributed by atoms with Gasteiger partial charge in [0, 0.05) is 0 Å². The normalized spacial score (nSPS) is 9.43. The van der Waals surface area contributed by atoms with Crippen molar-refractivity contribution < 1.29 is 8.81 Å². The lowest BCUT2D eigenvalue weighted by atomic mass is 11.0. The van der Waals surface area contributed by atoms with Crippen molar-refractivity contribution in [2.45, 2.75) is 0 Å². The summed E-state index contributed by atoms with van der Waals surface area (Å²) in [4.78, 5) is 2.99. The first-order valence-corrected chi connectivity index (χ1v) is 1.86. The van der Waals surface area contributed by atoms with Crippen LogP contribution in [-0.2, 0) is 0 Å². The zero-order valence-electron chi connectivity index (χ0n) is 3.11. The topological polar surface area (TPSA) is 26.0 Å². The molecule has 4 heteroatoms. The lowest BCUT2D eigenvalue weighted by Crippen LogP contribution is -1.64. The first kappa shape index (κ1) is 4.59. The third kappa shape index (κ3) is 0.899. The van der Waals surface area contributed by atoms with Crippen LogP contribution in [0, 0.1) is 12.4 Å². The van der Waals surface area contributed by atoms with Crippen LogP contribution in [0.5, 0.6) is 0 Å². The molecule has 1 aromatic rings. The van der Waals surface area contributed by atoms with E-state index in [0.29, 0.717) is 0 Å². The number of hydrogen-bond donors (Lipinski definition) is 0. The first-order valence-electron chi connectivity index (χ1n) is 1.48. The summed E-state index contributed by atoms with van der Waals surface area (Å²) in [6, 6.07) is 0. The van der Waals surface area contributed by atoms with Gasteiger partial charge in [0.2, 0.25) is 6.26 Å². The number of halogens is 2. The van der Waals surface area contributed by atoms with Gasteiger partial charge in [-0.05, 0) is 0 Å². The van der Waals surface area contributed by atoms with E-state index < -0.39 is 6.14 Å². The van der Waals surface area contributed by atoms with Crippen molar-refractivity contribution in [2.24, 2.45) is 0 Å². The standard InChI is InChI=1S/C3ClFNO/c4-2-1-7-3(5)6-2. The van der Waals surface area contributed by atoms with Crippen LogP contribution in [0.3, 0.4) is 0 Å². The van der Waals surface area contributed by atoms with E-state index in [1.54, 1.807) is 0 Å². The highest BCUT2D eigenvalue weighted by atomic mass is 35.5. The molecule has 7 heavy (non-hydrogen) atoms. The molecule has 0 saturated carbocycles. The molecule has 37 valence electrons.